The molecule has 1 N–H and O–H groups in total. The number of hydrogen-bond acceptors (Lipinski definition) is 2. The van der Waals surface area contributed by atoms with E-state index >= 15 is 0 Å². The number of rotatable bonds is 3. The third kappa shape index (κ3) is 3.78. The summed E-state index contributed by atoms with van der Waals surface area (Å²) in [5.41, 5.74) is 1.88. The molecule has 1 aliphatic heterocycles. The molecule has 1 amide bonds. The van der Waals surface area contributed by atoms with Crippen LogP contribution in [-0.4, -0.2) is 37.0 Å². The fourth-order valence-electron chi connectivity index (χ4n) is 3.16. The summed E-state index contributed by atoms with van der Waals surface area (Å²) in [4.78, 5) is 14.9. The Kier molecular flexibility index (Phi) is 6.24. The predicted octanol–water partition coefficient (Wildman–Crippen LogP) is 2.90. The van der Waals surface area contributed by atoms with Crippen LogP contribution in [0.2, 0.25) is 0 Å². The van der Waals surface area contributed by atoms with Crippen LogP contribution in [-0.2, 0) is 10.2 Å². The van der Waals surface area contributed by atoms with Crippen LogP contribution >= 0.6 is 12.4 Å². The second-order valence-electron chi connectivity index (χ2n) is 6.30. The zero-order valence-corrected chi connectivity index (χ0v) is 14.3. The third-order valence-corrected chi connectivity index (χ3v) is 4.54. The molecule has 118 valence electrons. The average molecular weight is 311 g/mol. The van der Waals surface area contributed by atoms with Gasteiger partial charge in [-0.2, -0.15) is 0 Å². The van der Waals surface area contributed by atoms with Crippen molar-refractivity contribution in [2.45, 2.75) is 45.1 Å². The van der Waals surface area contributed by atoms with Crippen molar-refractivity contribution in [2.24, 2.45) is 0 Å². The quantitative estimate of drug-likeness (QED) is 0.931. The molecule has 0 aromatic heterocycles. The summed E-state index contributed by atoms with van der Waals surface area (Å²) < 4.78 is 0. The minimum atomic E-state index is -0.447. The van der Waals surface area contributed by atoms with Crippen molar-refractivity contribution in [3.8, 4) is 0 Å². The largest absolute Gasteiger partial charge is 0.342 e. The lowest BCUT2D eigenvalue weighted by Crippen LogP contribution is -2.49. The molecule has 2 rings (SSSR count). The molecule has 0 unspecified atom stereocenters. The van der Waals surface area contributed by atoms with Crippen molar-refractivity contribution in [1.82, 2.24) is 10.2 Å². The van der Waals surface area contributed by atoms with E-state index < -0.39 is 5.41 Å². The lowest BCUT2D eigenvalue weighted by atomic mass is 9.80. The van der Waals surface area contributed by atoms with Crippen LogP contribution in [0.3, 0.4) is 0 Å². The highest BCUT2D eigenvalue weighted by atomic mass is 35.5. The van der Waals surface area contributed by atoms with Crippen molar-refractivity contribution >= 4 is 18.3 Å². The Labute approximate surface area is 134 Å². The SMILES string of the molecule is CNC1CCN(C(=O)C(C)(C)c2ccccc2C)CC1.Cl. The van der Waals surface area contributed by atoms with Gasteiger partial charge in [0.2, 0.25) is 5.91 Å². The van der Waals surface area contributed by atoms with Gasteiger partial charge in [0.15, 0.2) is 0 Å². The van der Waals surface area contributed by atoms with Gasteiger partial charge in [-0.15, -0.1) is 12.4 Å². The summed E-state index contributed by atoms with van der Waals surface area (Å²) in [6.45, 7) is 7.89. The summed E-state index contributed by atoms with van der Waals surface area (Å²) in [6.07, 6.45) is 2.10. The summed E-state index contributed by atoms with van der Waals surface area (Å²) >= 11 is 0. The van der Waals surface area contributed by atoms with E-state index in [1.54, 1.807) is 0 Å². The van der Waals surface area contributed by atoms with E-state index in [4.69, 9.17) is 0 Å². The number of nitrogens with zero attached hydrogens (tertiary/aromatic N) is 1. The maximum atomic E-state index is 12.9. The second kappa shape index (κ2) is 7.28. The van der Waals surface area contributed by atoms with Crippen molar-refractivity contribution < 1.29 is 4.79 Å². The number of carbonyl (C=O) groups excluding carboxylic acids is 1. The van der Waals surface area contributed by atoms with Crippen molar-refractivity contribution in [1.29, 1.82) is 0 Å². The number of carbonyl (C=O) groups is 1. The third-order valence-electron chi connectivity index (χ3n) is 4.54. The molecule has 0 atom stereocenters. The number of amides is 1. The molecule has 1 saturated heterocycles. The summed E-state index contributed by atoms with van der Waals surface area (Å²) in [5, 5.41) is 3.30. The van der Waals surface area contributed by atoms with E-state index in [1.807, 2.05) is 37.9 Å². The van der Waals surface area contributed by atoms with Gasteiger partial charge in [0, 0.05) is 19.1 Å². The van der Waals surface area contributed by atoms with Crippen molar-refractivity contribution in [2.75, 3.05) is 20.1 Å². The zero-order chi connectivity index (χ0) is 14.8. The van der Waals surface area contributed by atoms with Crippen molar-refractivity contribution in [3.05, 3.63) is 35.4 Å². The molecule has 1 aliphatic rings. The lowest BCUT2D eigenvalue weighted by molar-refractivity contribution is -0.137. The first kappa shape index (κ1) is 18.0. The van der Waals surface area contributed by atoms with Gasteiger partial charge in [-0.1, -0.05) is 24.3 Å². The second-order valence-corrected chi connectivity index (χ2v) is 6.30. The van der Waals surface area contributed by atoms with Crippen LogP contribution in [0.4, 0.5) is 0 Å². The molecule has 0 radical (unpaired) electrons. The van der Waals surface area contributed by atoms with Crippen LogP contribution in [0.1, 0.15) is 37.8 Å². The first-order valence-corrected chi connectivity index (χ1v) is 7.49. The van der Waals surface area contributed by atoms with Crippen molar-refractivity contribution in [3.63, 3.8) is 0 Å². The standard InChI is InChI=1S/C17H26N2O.ClH/c1-13-7-5-6-8-15(13)17(2,3)16(20)19-11-9-14(18-4)10-12-19;/h5-8,14,18H,9-12H2,1-4H3;1H. The molecular weight excluding hydrogens is 284 g/mol. The average Bonchev–Trinajstić information content (AvgIpc) is 2.47. The van der Waals surface area contributed by atoms with Crippen LogP contribution in [0, 0.1) is 6.92 Å². The van der Waals surface area contributed by atoms with Crippen LogP contribution in [0.5, 0.6) is 0 Å². The highest BCUT2D eigenvalue weighted by molar-refractivity contribution is 5.88. The minimum Gasteiger partial charge on any atom is -0.342 e. The zero-order valence-electron chi connectivity index (χ0n) is 13.5. The fourth-order valence-corrected chi connectivity index (χ4v) is 3.16. The van der Waals surface area contributed by atoms with Gasteiger partial charge in [-0.05, 0) is 51.8 Å². The Hall–Kier alpha value is -1.06. The number of halogens is 1. The highest BCUT2D eigenvalue weighted by Crippen LogP contribution is 2.29. The summed E-state index contributed by atoms with van der Waals surface area (Å²) in [6, 6.07) is 8.76. The number of likely N-dealkylation sites (tertiary alicyclic amines) is 1. The van der Waals surface area contributed by atoms with Gasteiger partial charge in [0.25, 0.3) is 0 Å². The number of nitrogens with one attached hydrogen (secondary N) is 1. The van der Waals surface area contributed by atoms with E-state index in [0.29, 0.717) is 6.04 Å². The van der Waals surface area contributed by atoms with E-state index in [-0.39, 0.29) is 18.3 Å². The van der Waals surface area contributed by atoms with Crippen LogP contribution in [0.15, 0.2) is 24.3 Å². The molecule has 21 heavy (non-hydrogen) atoms. The Morgan fingerprint density at radius 1 is 1.24 bits per heavy atom. The molecule has 0 saturated carbocycles. The maximum Gasteiger partial charge on any atom is 0.232 e. The molecular formula is C17H27ClN2O. The van der Waals surface area contributed by atoms with E-state index in [0.717, 1.165) is 31.5 Å². The topological polar surface area (TPSA) is 32.3 Å². The molecule has 3 nitrogen and oxygen atoms in total. The smallest absolute Gasteiger partial charge is 0.232 e. The van der Waals surface area contributed by atoms with E-state index in [9.17, 15) is 4.79 Å². The molecule has 0 spiro atoms. The van der Waals surface area contributed by atoms with Gasteiger partial charge in [0.1, 0.15) is 0 Å². The first-order chi connectivity index (χ1) is 9.46. The number of hydrogen-bond donors (Lipinski definition) is 1. The van der Waals surface area contributed by atoms with E-state index in [1.165, 1.54) is 5.56 Å². The monoisotopic (exact) mass is 310 g/mol. The lowest BCUT2D eigenvalue weighted by Gasteiger charge is -2.37. The van der Waals surface area contributed by atoms with Gasteiger partial charge in [-0.25, -0.2) is 0 Å². The van der Waals surface area contributed by atoms with Gasteiger partial charge in [0.05, 0.1) is 5.41 Å². The highest BCUT2D eigenvalue weighted by Gasteiger charge is 2.35. The summed E-state index contributed by atoms with van der Waals surface area (Å²) in [7, 11) is 2.00. The Morgan fingerprint density at radius 2 is 1.81 bits per heavy atom. The number of piperidine rings is 1. The van der Waals surface area contributed by atoms with Gasteiger partial charge in [-0.3, -0.25) is 4.79 Å². The molecule has 1 aromatic rings. The molecule has 1 fully saturated rings. The minimum absolute atomic E-state index is 0. The molecule has 1 heterocycles. The molecule has 0 aliphatic carbocycles. The van der Waals surface area contributed by atoms with Crippen LogP contribution in [0.25, 0.3) is 0 Å². The Bertz CT molecular complexity index is 479. The van der Waals surface area contributed by atoms with E-state index in [2.05, 4.69) is 24.4 Å². The molecule has 0 bridgehead atoms. The van der Waals surface area contributed by atoms with Crippen LogP contribution < -0.4 is 5.32 Å². The normalized spacial score (nSPS) is 16.5. The Morgan fingerprint density at radius 3 is 2.33 bits per heavy atom. The first-order valence-electron chi connectivity index (χ1n) is 7.49. The van der Waals surface area contributed by atoms with Gasteiger partial charge < -0.3 is 10.2 Å². The molecule has 1 aromatic carbocycles. The van der Waals surface area contributed by atoms with Gasteiger partial charge >= 0.3 is 0 Å². The molecule has 4 heteroatoms. The fraction of sp³-hybridized carbons (Fsp3) is 0.588. The maximum absolute atomic E-state index is 12.9. The number of aryl methyl sites for hydroxylation is 1. The Balaban J connectivity index is 0.00000220. The number of benzene rings is 1. The summed E-state index contributed by atoms with van der Waals surface area (Å²) in [5.74, 6) is 0.251. The predicted molar refractivity (Wildman–Crippen MR) is 90.1 cm³/mol.